The number of nitrogens with one attached hydrogen (secondary N) is 1. The number of amides is 4. The van der Waals surface area contributed by atoms with Gasteiger partial charge in [-0.1, -0.05) is 38.1 Å². The molecule has 5 aromatic rings. The summed E-state index contributed by atoms with van der Waals surface area (Å²) in [6, 6.07) is 14.4. The van der Waals surface area contributed by atoms with Crippen LogP contribution in [0.1, 0.15) is 61.7 Å². The van der Waals surface area contributed by atoms with E-state index in [0.29, 0.717) is 59.4 Å². The molecule has 2 aliphatic rings. The Hall–Kier alpha value is -4.61. The van der Waals surface area contributed by atoms with Gasteiger partial charge in [-0.2, -0.15) is 18.2 Å². The Labute approximate surface area is 311 Å². The van der Waals surface area contributed by atoms with Gasteiger partial charge in [0.25, 0.3) is 33.7 Å². The van der Waals surface area contributed by atoms with Crippen molar-refractivity contribution in [3.63, 3.8) is 0 Å². The van der Waals surface area contributed by atoms with Crippen molar-refractivity contribution in [3.05, 3.63) is 70.8 Å². The average molecular weight is 760 g/mol. The number of carbonyl (C=O) groups excluding carboxylic acids is 4. The van der Waals surface area contributed by atoms with Crippen molar-refractivity contribution >= 4 is 76.8 Å². The molecule has 0 bridgehead atoms. The smallest absolute Gasteiger partial charge is 0.285 e. The molecule has 2 heterocycles. The molecule has 0 fully saturated rings. The van der Waals surface area contributed by atoms with Crippen molar-refractivity contribution in [2.75, 3.05) is 78.2 Å². The van der Waals surface area contributed by atoms with Gasteiger partial charge in [0.1, 0.15) is 5.75 Å². The Morgan fingerprint density at radius 1 is 0.500 bits per heavy atom. The molecule has 4 amide bonds. The van der Waals surface area contributed by atoms with Crippen molar-refractivity contribution in [2.45, 2.75) is 20.3 Å². The van der Waals surface area contributed by atoms with Gasteiger partial charge in [0, 0.05) is 46.2 Å². The summed E-state index contributed by atoms with van der Waals surface area (Å²) in [5, 5.41) is 5.95. The monoisotopic (exact) mass is 759 g/mol. The molecule has 284 valence electrons. The van der Waals surface area contributed by atoms with Gasteiger partial charge in [-0.25, -0.2) is 0 Å². The van der Waals surface area contributed by atoms with Crippen molar-refractivity contribution in [2.24, 2.45) is 0 Å². The highest BCUT2D eigenvalue weighted by Gasteiger charge is 2.36. The normalized spacial score (nSPS) is 14.6. The zero-order chi connectivity index (χ0) is 38.0. The molecular formula is C39H41N3O11S. The van der Waals surface area contributed by atoms with E-state index in [1.165, 1.54) is 9.80 Å². The van der Waals surface area contributed by atoms with Gasteiger partial charge < -0.3 is 18.9 Å². The Morgan fingerprint density at radius 2 is 0.870 bits per heavy atom. The minimum atomic E-state index is -3.74. The van der Waals surface area contributed by atoms with Crippen LogP contribution in [0.2, 0.25) is 0 Å². The van der Waals surface area contributed by atoms with Gasteiger partial charge in [0.05, 0.1) is 59.3 Å². The maximum absolute atomic E-state index is 13.8. The maximum Gasteiger partial charge on any atom is 0.285 e. The molecule has 5 aromatic carbocycles. The molecule has 14 nitrogen and oxygen atoms in total. The molecule has 0 unspecified atom stereocenters. The second kappa shape index (κ2) is 16.0. The van der Waals surface area contributed by atoms with Crippen LogP contribution in [0.25, 0.3) is 43.1 Å². The van der Waals surface area contributed by atoms with Crippen LogP contribution in [-0.2, 0) is 33.3 Å². The van der Waals surface area contributed by atoms with Crippen LogP contribution in [0.5, 0.6) is 0 Å². The summed E-state index contributed by atoms with van der Waals surface area (Å²) in [6.45, 7) is 6.11. The largest absolute Gasteiger partial charge is 0.379 e. The number of hydrogen-bond acceptors (Lipinski definition) is 12. The third kappa shape index (κ3) is 6.92. The summed E-state index contributed by atoms with van der Waals surface area (Å²) < 4.78 is 50.0. The molecule has 7 rings (SSSR count). The zero-order valence-electron chi connectivity index (χ0n) is 30.1. The van der Waals surface area contributed by atoms with E-state index in [4.69, 9.17) is 18.9 Å². The molecule has 0 aliphatic carbocycles. The van der Waals surface area contributed by atoms with E-state index < -0.39 is 21.9 Å². The lowest BCUT2D eigenvalue weighted by Gasteiger charge is -2.30. The van der Waals surface area contributed by atoms with Gasteiger partial charge >= 0.3 is 0 Å². The predicted octanol–water partition coefficient (Wildman–Crippen LogP) is 4.28. The molecular weight excluding hydrogens is 719 g/mol. The quantitative estimate of drug-likeness (QED) is 0.0394. The SMILES string of the molecule is CCCOCCOCCN1C(=O)c2ccc3c4ccc5c6c(ccc(c7ccc(c2c37)C1=O)c64)C(=O)N(CCOCCOCCS(=O)(=O)ONCC)C5=O. The Morgan fingerprint density at radius 3 is 1.24 bits per heavy atom. The standard InChI is InChI=1S/C39H41N3O11S/c1-3-15-49-18-19-50-16-13-41-36(43)28-9-5-24-26-7-11-30-35-31(12-8-27(33(26)35)25-6-10-29(37(41)44)34(28)32(24)25)39(46)42(38(30)45)14-17-51-20-21-52-22-23-54(47,48)53-40-4-2/h5-12,40H,3-4,13-23H2,1-2H3. The minimum Gasteiger partial charge on any atom is -0.379 e. The first kappa shape index (κ1) is 37.7. The first-order valence-electron chi connectivity index (χ1n) is 18.1. The molecule has 15 heteroatoms. The second-order valence-corrected chi connectivity index (χ2v) is 14.6. The minimum absolute atomic E-state index is 0.0132. The van der Waals surface area contributed by atoms with E-state index in [1.54, 1.807) is 31.2 Å². The van der Waals surface area contributed by atoms with Crippen LogP contribution < -0.4 is 5.48 Å². The molecule has 0 saturated heterocycles. The third-order valence-electron chi connectivity index (χ3n) is 9.62. The van der Waals surface area contributed by atoms with E-state index in [1.807, 2.05) is 31.2 Å². The van der Waals surface area contributed by atoms with Crippen LogP contribution in [0, 0.1) is 0 Å². The number of benzene rings is 5. The highest BCUT2D eigenvalue weighted by atomic mass is 32.2. The molecule has 0 atom stereocenters. The molecule has 0 spiro atoms. The number of hydroxylamine groups is 1. The van der Waals surface area contributed by atoms with Crippen LogP contribution in [-0.4, -0.2) is 120 Å². The Kier molecular flexibility index (Phi) is 11.2. The molecule has 0 aromatic heterocycles. The highest BCUT2D eigenvalue weighted by molar-refractivity contribution is 7.86. The predicted molar refractivity (Wildman–Crippen MR) is 201 cm³/mol. The summed E-state index contributed by atoms with van der Waals surface area (Å²) >= 11 is 0. The summed E-state index contributed by atoms with van der Waals surface area (Å²) in [6.07, 6.45) is 0.915. The number of nitrogens with zero attached hydrogens (tertiary/aromatic N) is 2. The van der Waals surface area contributed by atoms with Gasteiger partial charge in [0.15, 0.2) is 0 Å². The number of rotatable bonds is 20. The third-order valence-corrected chi connectivity index (χ3v) is 10.7. The fourth-order valence-corrected chi connectivity index (χ4v) is 7.93. The lowest BCUT2D eigenvalue weighted by atomic mass is 9.82. The van der Waals surface area contributed by atoms with Crippen LogP contribution in [0.15, 0.2) is 48.5 Å². The summed E-state index contributed by atoms with van der Waals surface area (Å²) in [5.74, 6) is -1.96. The maximum atomic E-state index is 13.8. The van der Waals surface area contributed by atoms with Crippen LogP contribution in [0.3, 0.4) is 0 Å². The van der Waals surface area contributed by atoms with Crippen molar-refractivity contribution < 1.29 is 50.8 Å². The Balaban J connectivity index is 1.09. The summed E-state index contributed by atoms with van der Waals surface area (Å²) in [4.78, 5) is 57.5. The lowest BCUT2D eigenvalue weighted by Crippen LogP contribution is -2.42. The second-order valence-electron chi connectivity index (χ2n) is 13.0. The fraction of sp³-hybridized carbons (Fsp3) is 0.385. The molecule has 54 heavy (non-hydrogen) atoms. The average Bonchev–Trinajstić information content (AvgIpc) is 3.17. The first-order valence-corrected chi connectivity index (χ1v) is 19.6. The number of fused-ring (bicyclic) bond motifs is 2. The van der Waals surface area contributed by atoms with E-state index in [2.05, 4.69) is 9.76 Å². The van der Waals surface area contributed by atoms with Crippen LogP contribution in [0.4, 0.5) is 0 Å². The summed E-state index contributed by atoms with van der Waals surface area (Å²) in [7, 11) is -3.74. The molecule has 1 N–H and O–H groups in total. The number of ether oxygens (including phenoxy) is 4. The first-order chi connectivity index (χ1) is 26.2. The van der Waals surface area contributed by atoms with E-state index in [-0.39, 0.29) is 63.7 Å². The van der Waals surface area contributed by atoms with Crippen molar-refractivity contribution in [1.82, 2.24) is 15.3 Å². The van der Waals surface area contributed by atoms with Gasteiger partial charge in [-0.05, 0) is 63.0 Å². The summed E-state index contributed by atoms with van der Waals surface area (Å²) in [5.41, 5.74) is 3.95. The van der Waals surface area contributed by atoms with E-state index in [0.717, 1.165) is 38.7 Å². The highest BCUT2D eigenvalue weighted by Crippen LogP contribution is 2.46. The zero-order valence-corrected chi connectivity index (χ0v) is 30.9. The molecule has 0 radical (unpaired) electrons. The lowest BCUT2D eigenvalue weighted by molar-refractivity contribution is 0.0337. The number of hydrogen-bond donors (Lipinski definition) is 1. The topological polar surface area (TPSA) is 167 Å². The van der Waals surface area contributed by atoms with Crippen LogP contribution >= 0.6 is 0 Å². The number of carbonyl (C=O) groups is 4. The van der Waals surface area contributed by atoms with Crippen molar-refractivity contribution in [3.8, 4) is 0 Å². The fourth-order valence-electron chi connectivity index (χ4n) is 7.23. The van der Waals surface area contributed by atoms with Gasteiger partial charge in [-0.3, -0.25) is 29.0 Å². The van der Waals surface area contributed by atoms with Gasteiger partial charge in [-0.15, -0.1) is 0 Å². The van der Waals surface area contributed by atoms with Crippen molar-refractivity contribution in [1.29, 1.82) is 0 Å². The molecule has 0 saturated carbocycles. The molecule has 2 aliphatic heterocycles. The van der Waals surface area contributed by atoms with Gasteiger partial charge in [0.2, 0.25) is 0 Å². The number of imide groups is 2. The van der Waals surface area contributed by atoms with E-state index in [9.17, 15) is 27.6 Å². The Bertz CT molecular complexity index is 2260. The van der Waals surface area contributed by atoms with E-state index >= 15 is 0 Å².